The highest BCUT2D eigenvalue weighted by atomic mass is 16.5. The van der Waals surface area contributed by atoms with Crippen molar-refractivity contribution in [2.75, 3.05) is 139 Å². The molecule has 0 atom stereocenters. The second-order valence-corrected chi connectivity index (χ2v) is 16.1. The van der Waals surface area contributed by atoms with E-state index in [1.807, 2.05) is 6.92 Å². The molecule has 24 nitrogen and oxygen atoms in total. The molecular formula is C47H72N6O18. The third-order valence-electron chi connectivity index (χ3n) is 10.0. The molecule has 3 heterocycles. The summed E-state index contributed by atoms with van der Waals surface area (Å²) >= 11 is 0. The zero-order valence-electron chi connectivity index (χ0n) is 40.6. The van der Waals surface area contributed by atoms with E-state index in [-0.39, 0.29) is 173 Å². The van der Waals surface area contributed by atoms with Crippen LogP contribution in [0.4, 0.5) is 0 Å². The zero-order valence-corrected chi connectivity index (χ0v) is 40.6. The number of nitrogens with zero attached hydrogens (tertiary/aromatic N) is 3. The van der Waals surface area contributed by atoms with Crippen molar-refractivity contribution in [3.05, 3.63) is 86.1 Å². The molecule has 3 aromatic heterocycles. The number of aromatic nitrogens is 3. The number of amides is 3. The third-order valence-corrected chi connectivity index (χ3v) is 10.0. The predicted octanol–water partition coefficient (Wildman–Crippen LogP) is -0.636. The fourth-order valence-corrected chi connectivity index (χ4v) is 6.18. The summed E-state index contributed by atoms with van der Waals surface area (Å²) in [4.78, 5) is 72.8. The zero-order chi connectivity index (χ0) is 51.4. The molecule has 71 heavy (non-hydrogen) atoms. The van der Waals surface area contributed by atoms with Gasteiger partial charge in [0.25, 0.3) is 16.7 Å². The van der Waals surface area contributed by atoms with Crippen LogP contribution in [0.25, 0.3) is 0 Å². The van der Waals surface area contributed by atoms with Gasteiger partial charge in [-0.3, -0.25) is 28.8 Å². The number of carbonyl (C=O) groups excluding carboxylic acids is 3. The molecule has 0 saturated carbocycles. The molecule has 0 radical (unpaired) electrons. The number of hydrogen-bond acceptors (Lipinski definition) is 18. The Kier molecular flexibility index (Phi) is 30.4. The topological polar surface area (TPSA) is 297 Å². The first-order valence-corrected chi connectivity index (χ1v) is 23.5. The van der Waals surface area contributed by atoms with Crippen LogP contribution < -0.4 is 32.6 Å². The Bertz CT molecular complexity index is 1920. The predicted molar refractivity (Wildman–Crippen MR) is 255 cm³/mol. The highest BCUT2D eigenvalue weighted by Crippen LogP contribution is 2.19. The van der Waals surface area contributed by atoms with Gasteiger partial charge < -0.3 is 87.6 Å². The molecule has 3 rings (SSSR count). The quantitative estimate of drug-likeness (QED) is 0.0385. The molecule has 0 unspecified atom stereocenters. The largest absolute Gasteiger partial charge is 0.503 e. The van der Waals surface area contributed by atoms with Crippen LogP contribution in [0.15, 0.2) is 69.4 Å². The van der Waals surface area contributed by atoms with E-state index in [1.165, 1.54) is 31.9 Å². The van der Waals surface area contributed by atoms with Crippen LogP contribution in [0.3, 0.4) is 0 Å². The Morgan fingerprint density at radius 1 is 0.423 bits per heavy atom. The minimum atomic E-state index is -0.693. The summed E-state index contributed by atoms with van der Waals surface area (Å²) < 4.78 is 54.5. The number of hydrogen-bond donors (Lipinski definition) is 6. The third kappa shape index (κ3) is 26.9. The lowest BCUT2D eigenvalue weighted by Crippen LogP contribution is -2.36. The van der Waals surface area contributed by atoms with Crippen LogP contribution in [0.2, 0.25) is 0 Å². The number of carbonyl (C=O) groups is 3. The molecule has 398 valence electrons. The highest BCUT2D eigenvalue weighted by Gasteiger charge is 2.26. The van der Waals surface area contributed by atoms with Gasteiger partial charge >= 0.3 is 0 Å². The maximum absolute atomic E-state index is 12.4. The molecule has 3 amide bonds. The van der Waals surface area contributed by atoms with Crippen LogP contribution in [0.1, 0.15) is 26.2 Å². The Morgan fingerprint density at radius 2 is 0.690 bits per heavy atom. The molecule has 6 N–H and O–H groups in total. The van der Waals surface area contributed by atoms with E-state index in [2.05, 4.69) is 16.0 Å². The summed E-state index contributed by atoms with van der Waals surface area (Å²) in [6.07, 6.45) is 4.96. The van der Waals surface area contributed by atoms with Gasteiger partial charge in [0.2, 0.25) is 17.7 Å². The van der Waals surface area contributed by atoms with Crippen molar-refractivity contribution in [3.63, 3.8) is 0 Å². The first-order chi connectivity index (χ1) is 34.4. The molecule has 0 aliphatic carbocycles. The average Bonchev–Trinajstić information content (AvgIpc) is 3.35. The summed E-state index contributed by atoms with van der Waals surface area (Å²) in [5.41, 5.74) is -2.16. The van der Waals surface area contributed by atoms with Crippen molar-refractivity contribution in [2.24, 2.45) is 5.41 Å². The van der Waals surface area contributed by atoms with E-state index in [1.54, 1.807) is 36.8 Å². The normalized spacial score (nSPS) is 11.5. The van der Waals surface area contributed by atoms with Crippen LogP contribution in [0, 0.1) is 5.41 Å². The fourth-order valence-electron chi connectivity index (χ4n) is 6.18. The lowest BCUT2D eigenvalue weighted by molar-refractivity contribution is -0.123. The second-order valence-electron chi connectivity index (χ2n) is 16.1. The van der Waals surface area contributed by atoms with Gasteiger partial charge in [-0.1, -0.05) is 6.92 Å². The fraction of sp³-hybridized carbons (Fsp3) is 0.617. The maximum atomic E-state index is 12.4. The number of pyridine rings is 3. The first-order valence-electron chi connectivity index (χ1n) is 23.5. The van der Waals surface area contributed by atoms with Gasteiger partial charge in [0, 0.05) is 82.5 Å². The van der Waals surface area contributed by atoms with Crippen LogP contribution in [-0.2, 0) is 76.6 Å². The van der Waals surface area contributed by atoms with Crippen molar-refractivity contribution in [3.8, 4) is 17.2 Å². The molecule has 0 spiro atoms. The lowest BCUT2D eigenvalue weighted by atomic mass is 9.94. The Labute approximate surface area is 412 Å². The van der Waals surface area contributed by atoms with Gasteiger partial charge in [-0.05, 0) is 36.4 Å². The van der Waals surface area contributed by atoms with Crippen molar-refractivity contribution in [1.29, 1.82) is 0 Å². The lowest BCUT2D eigenvalue weighted by Gasteiger charge is -2.29. The van der Waals surface area contributed by atoms with E-state index in [0.717, 1.165) is 0 Å². The van der Waals surface area contributed by atoms with E-state index in [0.29, 0.717) is 39.6 Å². The molecule has 3 aromatic rings. The summed E-state index contributed by atoms with van der Waals surface area (Å²) in [6.45, 7) is 7.74. The molecule has 0 fully saturated rings. The maximum Gasteiger partial charge on any atom is 0.292 e. The average molecular weight is 1010 g/mol. The van der Waals surface area contributed by atoms with E-state index in [9.17, 15) is 44.1 Å². The molecule has 24 heteroatoms. The SMILES string of the molecule is CC(COCCC(=O)NCCOCCOCCn1cccc(O)c1=O)(COCCC(=O)NCCOCCOCCn1cccc(O)c1=O)COCCC(=O)NCCOCCOCCn1cccc(O)c1=O. The summed E-state index contributed by atoms with van der Waals surface area (Å²) in [7, 11) is 0. The molecule has 0 aliphatic heterocycles. The van der Waals surface area contributed by atoms with Crippen LogP contribution >= 0.6 is 0 Å². The number of ether oxygens (including phenoxy) is 9. The van der Waals surface area contributed by atoms with Crippen LogP contribution in [0.5, 0.6) is 17.2 Å². The van der Waals surface area contributed by atoms with E-state index in [4.69, 9.17) is 42.6 Å². The standard InChI is InChI=1S/C47H72N6O18/c1-47(35-69-20-8-41(57)48-11-23-63-29-32-66-26-17-51-14-2-5-38(54)44(51)60,36-70-21-9-42(58)49-12-24-64-30-33-67-27-18-52-15-3-6-39(55)45(52)61)37-71-22-10-43(59)50-13-25-65-31-34-68-28-19-53-16-4-7-40(56)46(53)62/h2-7,14-16,54-56H,8-13,17-37H2,1H3,(H,48,57)(H,49,58)(H,50,59). The van der Waals surface area contributed by atoms with Crippen molar-refractivity contribution in [1.82, 2.24) is 29.7 Å². The minimum absolute atomic E-state index is 0.0921. The van der Waals surface area contributed by atoms with Gasteiger partial charge in [-0.15, -0.1) is 0 Å². The van der Waals surface area contributed by atoms with Crippen LogP contribution in [-0.4, -0.2) is 185 Å². The number of nitrogens with one attached hydrogen (secondary N) is 3. The Morgan fingerprint density at radius 3 is 0.972 bits per heavy atom. The number of rotatable bonds is 42. The smallest absolute Gasteiger partial charge is 0.292 e. The first kappa shape index (κ1) is 59.6. The van der Waals surface area contributed by atoms with Gasteiger partial charge in [-0.25, -0.2) is 0 Å². The summed E-state index contributed by atoms with van der Waals surface area (Å²) in [5.74, 6) is -1.67. The molecular weight excluding hydrogens is 937 g/mol. The molecule has 0 aromatic carbocycles. The number of aromatic hydroxyl groups is 3. The Balaban J connectivity index is 1.26. The summed E-state index contributed by atoms with van der Waals surface area (Å²) in [6, 6.07) is 8.68. The summed E-state index contributed by atoms with van der Waals surface area (Å²) in [5, 5.41) is 36.8. The van der Waals surface area contributed by atoms with Crippen molar-refractivity contribution < 1.29 is 72.3 Å². The highest BCUT2D eigenvalue weighted by molar-refractivity contribution is 5.76. The van der Waals surface area contributed by atoms with E-state index >= 15 is 0 Å². The van der Waals surface area contributed by atoms with Crippen molar-refractivity contribution >= 4 is 17.7 Å². The van der Waals surface area contributed by atoms with Gasteiger partial charge in [-0.2, -0.15) is 0 Å². The molecule has 0 bridgehead atoms. The molecule has 0 saturated heterocycles. The van der Waals surface area contributed by atoms with Crippen molar-refractivity contribution in [2.45, 2.75) is 45.8 Å². The van der Waals surface area contributed by atoms with Gasteiger partial charge in [0.1, 0.15) is 0 Å². The van der Waals surface area contributed by atoms with Gasteiger partial charge in [0.15, 0.2) is 17.2 Å². The minimum Gasteiger partial charge on any atom is -0.503 e. The molecule has 0 aliphatic rings. The van der Waals surface area contributed by atoms with Gasteiger partial charge in [0.05, 0.1) is 119 Å². The second kappa shape index (κ2) is 36.3. The monoisotopic (exact) mass is 1010 g/mol. The Hall–Kier alpha value is -5.70. The van der Waals surface area contributed by atoms with E-state index < -0.39 is 22.1 Å².